The third-order valence-electron chi connectivity index (χ3n) is 2.63. The van der Waals surface area contributed by atoms with Crippen LogP contribution in [0.2, 0.25) is 0 Å². The summed E-state index contributed by atoms with van der Waals surface area (Å²) >= 11 is 0. The summed E-state index contributed by atoms with van der Waals surface area (Å²) in [6.07, 6.45) is 0.814. The van der Waals surface area contributed by atoms with Crippen LogP contribution in [0, 0.1) is 11.8 Å². The van der Waals surface area contributed by atoms with Crippen LogP contribution in [-0.4, -0.2) is 37.5 Å². The normalized spacial score (nSPS) is 27.4. The van der Waals surface area contributed by atoms with Crippen molar-refractivity contribution in [2.75, 3.05) is 18.1 Å². The second kappa shape index (κ2) is 4.27. The van der Waals surface area contributed by atoms with Gasteiger partial charge in [0.15, 0.2) is 9.84 Å². The van der Waals surface area contributed by atoms with Crippen LogP contribution in [-0.2, 0) is 14.6 Å². The fourth-order valence-corrected chi connectivity index (χ4v) is 3.76. The third kappa shape index (κ3) is 2.68. The molecule has 0 radical (unpaired) electrons. The van der Waals surface area contributed by atoms with Gasteiger partial charge in [0.1, 0.15) is 0 Å². The first-order valence-corrected chi connectivity index (χ1v) is 6.41. The molecule has 1 fully saturated rings. The minimum absolute atomic E-state index is 0.00394. The van der Waals surface area contributed by atoms with Gasteiger partial charge in [0.25, 0.3) is 0 Å². The van der Waals surface area contributed by atoms with E-state index in [1.165, 1.54) is 0 Å². The number of hydrogen-bond donors (Lipinski definition) is 2. The van der Waals surface area contributed by atoms with Crippen LogP contribution in [0.5, 0.6) is 0 Å². The molecule has 0 spiro atoms. The highest BCUT2D eigenvalue weighted by Crippen LogP contribution is 2.28. The SMILES string of the molecule is NCCC(C(=O)O)C1CCS(=O)(=O)C1. The first kappa shape index (κ1) is 11.5. The summed E-state index contributed by atoms with van der Waals surface area (Å²) in [7, 11) is -3.00. The van der Waals surface area contributed by atoms with Gasteiger partial charge in [0, 0.05) is 0 Å². The molecule has 14 heavy (non-hydrogen) atoms. The summed E-state index contributed by atoms with van der Waals surface area (Å²) < 4.78 is 22.3. The van der Waals surface area contributed by atoms with Gasteiger partial charge in [-0.1, -0.05) is 0 Å². The quantitative estimate of drug-likeness (QED) is 0.665. The minimum atomic E-state index is -3.00. The number of carboxylic acid groups (broad SMARTS) is 1. The van der Waals surface area contributed by atoms with Gasteiger partial charge in [0.05, 0.1) is 17.4 Å². The average Bonchev–Trinajstić information content (AvgIpc) is 2.41. The molecule has 0 aromatic rings. The van der Waals surface area contributed by atoms with E-state index in [4.69, 9.17) is 10.8 Å². The fraction of sp³-hybridized carbons (Fsp3) is 0.875. The van der Waals surface area contributed by atoms with Crippen molar-refractivity contribution in [2.24, 2.45) is 17.6 Å². The Morgan fingerprint density at radius 2 is 2.21 bits per heavy atom. The predicted octanol–water partition coefficient (Wildman–Crippen LogP) is -0.529. The average molecular weight is 221 g/mol. The second-order valence-electron chi connectivity index (χ2n) is 3.69. The molecule has 6 heteroatoms. The van der Waals surface area contributed by atoms with E-state index in [2.05, 4.69) is 0 Å². The Balaban J connectivity index is 2.67. The zero-order valence-electron chi connectivity index (χ0n) is 7.85. The Hall–Kier alpha value is -0.620. The van der Waals surface area contributed by atoms with E-state index in [0.717, 1.165) is 0 Å². The molecule has 1 rings (SSSR count). The number of aliphatic carboxylic acids is 1. The zero-order valence-corrected chi connectivity index (χ0v) is 8.66. The smallest absolute Gasteiger partial charge is 0.306 e. The number of carbonyl (C=O) groups is 1. The van der Waals surface area contributed by atoms with Gasteiger partial charge in [-0.25, -0.2) is 8.42 Å². The molecule has 1 heterocycles. The topological polar surface area (TPSA) is 97.5 Å². The van der Waals surface area contributed by atoms with Crippen molar-refractivity contribution >= 4 is 15.8 Å². The van der Waals surface area contributed by atoms with Crippen molar-refractivity contribution in [1.29, 1.82) is 0 Å². The Bertz CT molecular complexity index is 311. The van der Waals surface area contributed by atoms with Gasteiger partial charge in [-0.2, -0.15) is 0 Å². The lowest BCUT2D eigenvalue weighted by molar-refractivity contribution is -0.143. The summed E-state index contributed by atoms with van der Waals surface area (Å²) in [4.78, 5) is 10.8. The Morgan fingerprint density at radius 3 is 2.57 bits per heavy atom. The molecule has 2 atom stereocenters. The van der Waals surface area contributed by atoms with Crippen LogP contribution in [0.15, 0.2) is 0 Å². The summed E-state index contributed by atoms with van der Waals surface area (Å²) in [6.45, 7) is 0.285. The molecule has 3 N–H and O–H groups in total. The number of sulfone groups is 1. The molecule has 82 valence electrons. The maximum Gasteiger partial charge on any atom is 0.306 e. The molecule has 1 aliphatic heterocycles. The van der Waals surface area contributed by atoms with E-state index in [9.17, 15) is 13.2 Å². The Labute approximate surface area is 83.2 Å². The first-order valence-electron chi connectivity index (χ1n) is 4.59. The van der Waals surface area contributed by atoms with Gasteiger partial charge in [0.2, 0.25) is 0 Å². The van der Waals surface area contributed by atoms with E-state index >= 15 is 0 Å². The van der Waals surface area contributed by atoms with Crippen molar-refractivity contribution in [1.82, 2.24) is 0 Å². The van der Waals surface area contributed by atoms with Crippen LogP contribution in [0.4, 0.5) is 0 Å². The number of hydrogen-bond acceptors (Lipinski definition) is 4. The molecule has 0 aromatic carbocycles. The van der Waals surface area contributed by atoms with Gasteiger partial charge in [-0.05, 0) is 25.3 Å². The molecular weight excluding hydrogens is 206 g/mol. The minimum Gasteiger partial charge on any atom is -0.481 e. The van der Waals surface area contributed by atoms with Crippen LogP contribution in [0.1, 0.15) is 12.8 Å². The second-order valence-corrected chi connectivity index (χ2v) is 5.91. The molecule has 1 aliphatic rings. The van der Waals surface area contributed by atoms with E-state index in [-0.39, 0.29) is 24.0 Å². The van der Waals surface area contributed by atoms with E-state index in [1.807, 2.05) is 0 Å². The molecular formula is C8H15NO4S. The number of nitrogens with two attached hydrogens (primary N) is 1. The predicted molar refractivity (Wildman–Crippen MR) is 51.6 cm³/mol. The Kier molecular flexibility index (Phi) is 3.49. The first-order chi connectivity index (χ1) is 6.46. The third-order valence-corrected chi connectivity index (χ3v) is 4.43. The van der Waals surface area contributed by atoms with Crippen molar-refractivity contribution in [3.8, 4) is 0 Å². The lowest BCUT2D eigenvalue weighted by Crippen LogP contribution is -2.27. The summed E-state index contributed by atoms with van der Waals surface area (Å²) in [5.41, 5.74) is 5.29. The van der Waals surface area contributed by atoms with Crippen molar-refractivity contribution < 1.29 is 18.3 Å². The highest BCUT2D eigenvalue weighted by atomic mass is 32.2. The molecule has 1 saturated heterocycles. The maximum absolute atomic E-state index is 11.1. The van der Waals surface area contributed by atoms with Gasteiger partial charge in [-0.3, -0.25) is 4.79 Å². The van der Waals surface area contributed by atoms with Crippen LogP contribution < -0.4 is 5.73 Å². The van der Waals surface area contributed by atoms with Crippen molar-refractivity contribution in [3.63, 3.8) is 0 Å². The number of carboxylic acids is 1. The monoisotopic (exact) mass is 221 g/mol. The standard InChI is InChI=1S/C8H15NO4S/c9-3-1-7(8(10)11)6-2-4-14(12,13)5-6/h6-7H,1-5,9H2,(H,10,11). The van der Waals surface area contributed by atoms with E-state index < -0.39 is 21.7 Å². The lowest BCUT2D eigenvalue weighted by atomic mass is 9.89. The van der Waals surface area contributed by atoms with Crippen molar-refractivity contribution in [3.05, 3.63) is 0 Å². The highest BCUT2D eigenvalue weighted by molar-refractivity contribution is 7.91. The van der Waals surface area contributed by atoms with Crippen LogP contribution in [0.3, 0.4) is 0 Å². The molecule has 2 unspecified atom stereocenters. The lowest BCUT2D eigenvalue weighted by Gasteiger charge is -2.16. The van der Waals surface area contributed by atoms with Crippen LogP contribution in [0.25, 0.3) is 0 Å². The van der Waals surface area contributed by atoms with E-state index in [1.54, 1.807) is 0 Å². The maximum atomic E-state index is 11.1. The highest BCUT2D eigenvalue weighted by Gasteiger charge is 2.36. The van der Waals surface area contributed by atoms with Crippen molar-refractivity contribution in [2.45, 2.75) is 12.8 Å². The molecule has 0 amide bonds. The van der Waals surface area contributed by atoms with Crippen LogP contribution >= 0.6 is 0 Å². The number of rotatable bonds is 4. The molecule has 5 nitrogen and oxygen atoms in total. The summed E-state index contributed by atoms with van der Waals surface area (Å²) in [5, 5.41) is 8.88. The molecule has 0 aliphatic carbocycles. The molecule has 0 aromatic heterocycles. The molecule has 0 saturated carbocycles. The van der Waals surface area contributed by atoms with Gasteiger partial charge in [-0.15, -0.1) is 0 Å². The van der Waals surface area contributed by atoms with E-state index in [0.29, 0.717) is 12.8 Å². The fourth-order valence-electron chi connectivity index (χ4n) is 1.88. The largest absolute Gasteiger partial charge is 0.481 e. The summed E-state index contributed by atoms with van der Waals surface area (Å²) in [6, 6.07) is 0. The molecule has 0 bridgehead atoms. The van der Waals surface area contributed by atoms with Gasteiger partial charge < -0.3 is 10.8 Å². The summed E-state index contributed by atoms with van der Waals surface area (Å²) in [5.74, 6) is -1.66. The zero-order chi connectivity index (χ0) is 10.8. The Morgan fingerprint density at radius 1 is 1.57 bits per heavy atom. The van der Waals surface area contributed by atoms with Gasteiger partial charge >= 0.3 is 5.97 Å².